The summed E-state index contributed by atoms with van der Waals surface area (Å²) in [6, 6.07) is 12.8. The number of nitrogens with two attached hydrogens (primary N) is 1. The Morgan fingerprint density at radius 2 is 1.59 bits per heavy atom. The zero-order chi connectivity index (χ0) is 24.1. The number of benzene rings is 1. The molecule has 34 heavy (non-hydrogen) atoms. The average Bonchev–Trinajstić information content (AvgIpc) is 2.81. The smallest absolute Gasteiger partial charge is 0.252 e. The Morgan fingerprint density at radius 3 is 2.24 bits per heavy atom. The molecule has 2 aromatic heterocycles. The zero-order valence-electron chi connectivity index (χ0n) is 19.2. The summed E-state index contributed by atoms with van der Waals surface area (Å²) in [5, 5.41) is 9.12. The number of carbonyl (C=O) groups excluding carboxylic acids is 2. The van der Waals surface area contributed by atoms with Crippen LogP contribution in [0.15, 0.2) is 54.9 Å². The van der Waals surface area contributed by atoms with E-state index >= 15 is 0 Å². The van der Waals surface area contributed by atoms with E-state index in [0.717, 1.165) is 31.9 Å². The van der Waals surface area contributed by atoms with Crippen molar-refractivity contribution < 1.29 is 9.59 Å². The molecule has 0 unspecified atom stereocenters. The van der Waals surface area contributed by atoms with Crippen LogP contribution in [0.5, 0.6) is 0 Å². The van der Waals surface area contributed by atoms with Crippen LogP contribution in [0, 0.1) is 0 Å². The summed E-state index contributed by atoms with van der Waals surface area (Å²) >= 11 is 0. The van der Waals surface area contributed by atoms with Gasteiger partial charge in [0.1, 0.15) is 11.6 Å². The standard InChI is InChI=1S/C24H28N8O2/c1-16(33)28-19-5-3-4-6-20(19)29-21-13-23(27-15-18(21)24(25)34)30-22-8-7-17(14-26-22)32-11-9-31(2)10-12-32/h3-8,13-15H,9-12H2,1-2H3,(H2,25,34)(H,28,33)(H2,26,27,29,30). The summed E-state index contributed by atoms with van der Waals surface area (Å²) in [7, 11) is 2.13. The van der Waals surface area contributed by atoms with Gasteiger partial charge >= 0.3 is 0 Å². The van der Waals surface area contributed by atoms with Crippen molar-refractivity contribution in [2.45, 2.75) is 6.92 Å². The summed E-state index contributed by atoms with van der Waals surface area (Å²) in [5.41, 5.74) is 8.51. The highest BCUT2D eigenvalue weighted by Crippen LogP contribution is 2.29. The summed E-state index contributed by atoms with van der Waals surface area (Å²) < 4.78 is 0. The van der Waals surface area contributed by atoms with Crippen molar-refractivity contribution in [1.82, 2.24) is 14.9 Å². The molecule has 176 valence electrons. The van der Waals surface area contributed by atoms with Gasteiger partial charge < -0.3 is 31.5 Å². The Hall–Kier alpha value is -4.18. The lowest BCUT2D eigenvalue weighted by Crippen LogP contribution is -2.44. The van der Waals surface area contributed by atoms with Gasteiger partial charge in [-0.2, -0.15) is 0 Å². The van der Waals surface area contributed by atoms with Crippen LogP contribution >= 0.6 is 0 Å². The molecule has 1 saturated heterocycles. The molecule has 2 amide bonds. The molecule has 1 aliphatic heterocycles. The second kappa shape index (κ2) is 10.2. The Labute approximate surface area is 198 Å². The van der Waals surface area contributed by atoms with Crippen LogP contribution < -0.4 is 26.6 Å². The van der Waals surface area contributed by atoms with E-state index in [2.05, 4.69) is 42.8 Å². The molecule has 0 atom stereocenters. The van der Waals surface area contributed by atoms with Crippen molar-refractivity contribution in [2.75, 3.05) is 54.1 Å². The molecule has 4 rings (SSSR count). The van der Waals surface area contributed by atoms with Crippen LogP contribution in [-0.2, 0) is 4.79 Å². The lowest BCUT2D eigenvalue weighted by Gasteiger charge is -2.33. The number of likely N-dealkylation sites (N-methyl/N-ethyl adjacent to an activating group) is 1. The van der Waals surface area contributed by atoms with Gasteiger partial charge in [0.15, 0.2) is 0 Å². The number of hydrogen-bond donors (Lipinski definition) is 4. The van der Waals surface area contributed by atoms with Gasteiger partial charge in [0.2, 0.25) is 5.91 Å². The SMILES string of the molecule is CC(=O)Nc1ccccc1Nc1cc(Nc2ccc(N3CCN(C)CC3)cn2)ncc1C(N)=O. The van der Waals surface area contributed by atoms with Crippen molar-refractivity contribution >= 4 is 46.2 Å². The number of carbonyl (C=O) groups is 2. The largest absolute Gasteiger partial charge is 0.368 e. The molecule has 10 nitrogen and oxygen atoms in total. The van der Waals surface area contributed by atoms with Gasteiger partial charge in [0.05, 0.1) is 34.5 Å². The normalized spacial score (nSPS) is 13.9. The molecular weight excluding hydrogens is 432 g/mol. The predicted molar refractivity (Wildman–Crippen MR) is 134 cm³/mol. The number of amides is 2. The first-order valence-electron chi connectivity index (χ1n) is 11.0. The highest BCUT2D eigenvalue weighted by Gasteiger charge is 2.15. The summed E-state index contributed by atoms with van der Waals surface area (Å²) in [5.74, 6) is 0.298. The topological polar surface area (TPSA) is 129 Å². The number of primary amides is 1. The third-order valence-corrected chi connectivity index (χ3v) is 5.55. The third-order valence-electron chi connectivity index (χ3n) is 5.55. The lowest BCUT2D eigenvalue weighted by atomic mass is 10.2. The third kappa shape index (κ3) is 5.59. The van der Waals surface area contributed by atoms with Gasteiger partial charge in [0.25, 0.3) is 5.91 Å². The first-order chi connectivity index (χ1) is 16.4. The number of pyridine rings is 2. The number of rotatable bonds is 7. The van der Waals surface area contributed by atoms with Crippen molar-refractivity contribution in [1.29, 1.82) is 0 Å². The number of aromatic nitrogens is 2. The maximum Gasteiger partial charge on any atom is 0.252 e. The van der Waals surface area contributed by atoms with E-state index in [9.17, 15) is 9.59 Å². The zero-order valence-corrected chi connectivity index (χ0v) is 19.2. The fourth-order valence-electron chi connectivity index (χ4n) is 3.70. The van der Waals surface area contributed by atoms with Crippen molar-refractivity contribution in [3.05, 3.63) is 60.4 Å². The molecule has 1 aliphatic rings. The van der Waals surface area contributed by atoms with Crippen LogP contribution in [0.2, 0.25) is 0 Å². The van der Waals surface area contributed by atoms with E-state index in [1.807, 2.05) is 30.5 Å². The van der Waals surface area contributed by atoms with Crippen LogP contribution in [0.4, 0.5) is 34.4 Å². The molecule has 5 N–H and O–H groups in total. The second-order valence-electron chi connectivity index (χ2n) is 8.15. The first-order valence-corrected chi connectivity index (χ1v) is 11.0. The van der Waals surface area contributed by atoms with E-state index in [0.29, 0.717) is 28.7 Å². The van der Waals surface area contributed by atoms with Gasteiger partial charge in [-0.1, -0.05) is 12.1 Å². The lowest BCUT2D eigenvalue weighted by molar-refractivity contribution is -0.114. The average molecular weight is 461 g/mol. The van der Waals surface area contributed by atoms with E-state index < -0.39 is 5.91 Å². The Morgan fingerprint density at radius 1 is 0.882 bits per heavy atom. The first kappa shape index (κ1) is 23.0. The summed E-state index contributed by atoms with van der Waals surface area (Å²) in [6.45, 7) is 5.42. The minimum atomic E-state index is -0.617. The number of anilines is 6. The molecule has 0 bridgehead atoms. The predicted octanol–water partition coefficient (Wildman–Crippen LogP) is 2.77. The fraction of sp³-hybridized carbons (Fsp3) is 0.250. The summed E-state index contributed by atoms with van der Waals surface area (Å²) in [4.78, 5) is 37.0. The van der Waals surface area contributed by atoms with Crippen molar-refractivity contribution in [2.24, 2.45) is 5.73 Å². The van der Waals surface area contributed by atoms with Gasteiger partial charge in [-0.15, -0.1) is 0 Å². The van der Waals surface area contributed by atoms with E-state index in [-0.39, 0.29) is 11.5 Å². The van der Waals surface area contributed by atoms with Crippen molar-refractivity contribution in [3.63, 3.8) is 0 Å². The quantitative estimate of drug-likeness (QED) is 0.424. The van der Waals surface area contributed by atoms with E-state index in [4.69, 9.17) is 5.73 Å². The Balaban J connectivity index is 1.53. The molecule has 0 spiro atoms. The number of nitrogens with one attached hydrogen (secondary N) is 3. The molecule has 0 saturated carbocycles. The molecular formula is C24H28N8O2. The molecule has 1 aromatic carbocycles. The number of para-hydroxylation sites is 2. The minimum absolute atomic E-state index is 0.201. The van der Waals surface area contributed by atoms with Crippen LogP contribution in [-0.4, -0.2) is 59.9 Å². The van der Waals surface area contributed by atoms with Crippen molar-refractivity contribution in [3.8, 4) is 0 Å². The van der Waals surface area contributed by atoms with Gasteiger partial charge in [0, 0.05) is 45.4 Å². The molecule has 10 heteroatoms. The van der Waals surface area contributed by atoms with Gasteiger partial charge in [-0.05, 0) is 31.3 Å². The molecule has 0 radical (unpaired) electrons. The van der Waals surface area contributed by atoms with E-state index in [1.54, 1.807) is 18.2 Å². The fourth-order valence-corrected chi connectivity index (χ4v) is 3.70. The number of hydrogen-bond acceptors (Lipinski definition) is 8. The molecule has 3 aromatic rings. The molecule has 3 heterocycles. The number of piperazine rings is 1. The second-order valence-corrected chi connectivity index (χ2v) is 8.15. The Bertz CT molecular complexity index is 1170. The number of nitrogens with zero attached hydrogens (tertiary/aromatic N) is 4. The highest BCUT2D eigenvalue weighted by atomic mass is 16.1. The maximum absolute atomic E-state index is 12.0. The van der Waals surface area contributed by atoms with Crippen LogP contribution in [0.25, 0.3) is 0 Å². The minimum Gasteiger partial charge on any atom is -0.368 e. The monoisotopic (exact) mass is 460 g/mol. The maximum atomic E-state index is 12.0. The van der Waals surface area contributed by atoms with Gasteiger partial charge in [-0.25, -0.2) is 9.97 Å². The molecule has 0 aliphatic carbocycles. The van der Waals surface area contributed by atoms with E-state index in [1.165, 1.54) is 13.1 Å². The summed E-state index contributed by atoms with van der Waals surface area (Å²) in [6.07, 6.45) is 3.25. The van der Waals surface area contributed by atoms with Crippen LogP contribution in [0.1, 0.15) is 17.3 Å². The Kier molecular flexibility index (Phi) is 6.88. The van der Waals surface area contributed by atoms with Gasteiger partial charge in [-0.3, -0.25) is 9.59 Å². The molecule has 1 fully saturated rings. The van der Waals surface area contributed by atoms with Crippen LogP contribution in [0.3, 0.4) is 0 Å². The highest BCUT2D eigenvalue weighted by molar-refractivity contribution is 6.00.